The SMILES string of the molecule is O=C(NCCC(c1ccccc1)c1ccccc1)C(Cl)Cl. The average molecular weight is 322 g/mol. The van der Waals surface area contributed by atoms with Crippen LogP contribution < -0.4 is 5.32 Å². The first-order valence-corrected chi connectivity index (χ1v) is 7.71. The second-order valence-electron chi connectivity index (χ2n) is 4.75. The molecule has 0 bridgehead atoms. The van der Waals surface area contributed by atoms with Crippen LogP contribution in [0.1, 0.15) is 23.5 Å². The summed E-state index contributed by atoms with van der Waals surface area (Å²) in [6, 6.07) is 20.5. The van der Waals surface area contributed by atoms with Gasteiger partial charge in [-0.2, -0.15) is 0 Å². The molecule has 2 nitrogen and oxygen atoms in total. The highest BCUT2D eigenvalue weighted by atomic mass is 35.5. The Balaban J connectivity index is 2.09. The Morgan fingerprint density at radius 3 is 1.81 bits per heavy atom. The molecule has 0 spiro atoms. The molecule has 0 unspecified atom stereocenters. The van der Waals surface area contributed by atoms with Crippen LogP contribution in [0.15, 0.2) is 60.7 Å². The molecular weight excluding hydrogens is 305 g/mol. The fraction of sp³-hybridized carbons (Fsp3) is 0.235. The molecule has 2 aromatic carbocycles. The summed E-state index contributed by atoms with van der Waals surface area (Å²) in [6.45, 7) is 0.531. The highest BCUT2D eigenvalue weighted by Crippen LogP contribution is 2.27. The van der Waals surface area contributed by atoms with Gasteiger partial charge in [0.2, 0.25) is 0 Å². The fourth-order valence-electron chi connectivity index (χ4n) is 2.31. The van der Waals surface area contributed by atoms with Crippen molar-refractivity contribution in [2.75, 3.05) is 6.54 Å². The molecule has 0 saturated carbocycles. The van der Waals surface area contributed by atoms with Crippen molar-refractivity contribution < 1.29 is 4.79 Å². The Labute approximate surface area is 135 Å². The lowest BCUT2D eigenvalue weighted by Crippen LogP contribution is -2.30. The third kappa shape index (κ3) is 4.76. The maximum Gasteiger partial charge on any atom is 0.253 e. The van der Waals surface area contributed by atoms with Gasteiger partial charge in [-0.15, -0.1) is 0 Å². The lowest BCUT2D eigenvalue weighted by atomic mass is 9.88. The van der Waals surface area contributed by atoms with Gasteiger partial charge < -0.3 is 5.32 Å². The number of carbonyl (C=O) groups is 1. The number of amides is 1. The summed E-state index contributed by atoms with van der Waals surface area (Å²) in [7, 11) is 0. The van der Waals surface area contributed by atoms with Gasteiger partial charge in [0.25, 0.3) is 5.91 Å². The van der Waals surface area contributed by atoms with E-state index in [0.29, 0.717) is 6.54 Å². The summed E-state index contributed by atoms with van der Waals surface area (Å²) in [5.41, 5.74) is 2.46. The summed E-state index contributed by atoms with van der Waals surface area (Å²) in [5, 5.41) is 2.75. The van der Waals surface area contributed by atoms with E-state index in [4.69, 9.17) is 23.2 Å². The van der Waals surface area contributed by atoms with Crippen molar-refractivity contribution in [3.05, 3.63) is 71.8 Å². The Morgan fingerprint density at radius 2 is 1.38 bits per heavy atom. The fourth-order valence-corrected chi connectivity index (χ4v) is 2.47. The van der Waals surface area contributed by atoms with Gasteiger partial charge in [0.15, 0.2) is 4.84 Å². The molecule has 0 aliphatic rings. The molecule has 0 fully saturated rings. The zero-order valence-electron chi connectivity index (χ0n) is 11.5. The molecule has 0 aliphatic carbocycles. The van der Waals surface area contributed by atoms with Crippen LogP contribution in [0.2, 0.25) is 0 Å². The molecule has 0 heterocycles. The third-order valence-electron chi connectivity index (χ3n) is 3.33. The minimum atomic E-state index is -1.02. The molecule has 0 aromatic heterocycles. The molecule has 1 amide bonds. The second kappa shape index (κ2) is 8.06. The number of hydrogen-bond donors (Lipinski definition) is 1. The van der Waals surface area contributed by atoms with Gasteiger partial charge >= 0.3 is 0 Å². The molecule has 1 N–H and O–H groups in total. The lowest BCUT2D eigenvalue weighted by molar-refractivity contribution is -0.119. The second-order valence-corrected chi connectivity index (χ2v) is 5.85. The predicted molar refractivity (Wildman–Crippen MR) is 87.8 cm³/mol. The van der Waals surface area contributed by atoms with Crippen LogP contribution in [0.5, 0.6) is 0 Å². The minimum absolute atomic E-state index is 0.233. The quantitative estimate of drug-likeness (QED) is 0.796. The zero-order valence-corrected chi connectivity index (χ0v) is 13.0. The first-order chi connectivity index (χ1) is 10.2. The van der Waals surface area contributed by atoms with Crippen molar-refractivity contribution in [3.8, 4) is 0 Å². The highest BCUT2D eigenvalue weighted by molar-refractivity contribution is 6.53. The monoisotopic (exact) mass is 321 g/mol. The molecule has 2 rings (SSSR count). The summed E-state index contributed by atoms with van der Waals surface area (Å²) in [5.74, 6) is -0.116. The van der Waals surface area contributed by atoms with E-state index in [2.05, 4.69) is 29.6 Å². The van der Waals surface area contributed by atoms with Gasteiger partial charge in [0.05, 0.1) is 0 Å². The molecule has 21 heavy (non-hydrogen) atoms. The van der Waals surface area contributed by atoms with Crippen molar-refractivity contribution in [1.29, 1.82) is 0 Å². The van der Waals surface area contributed by atoms with Gasteiger partial charge in [-0.25, -0.2) is 0 Å². The van der Waals surface area contributed by atoms with E-state index in [9.17, 15) is 4.79 Å². The Kier molecular flexibility index (Phi) is 6.09. The topological polar surface area (TPSA) is 29.1 Å². The number of benzene rings is 2. The van der Waals surface area contributed by atoms with Crippen LogP contribution in [0.25, 0.3) is 0 Å². The van der Waals surface area contributed by atoms with Crippen molar-refractivity contribution in [3.63, 3.8) is 0 Å². The van der Waals surface area contributed by atoms with Gasteiger partial charge in [-0.3, -0.25) is 4.79 Å². The lowest BCUT2D eigenvalue weighted by Gasteiger charge is -2.18. The first kappa shape index (κ1) is 15.9. The van der Waals surface area contributed by atoms with E-state index < -0.39 is 4.84 Å². The van der Waals surface area contributed by atoms with Gasteiger partial charge in [-0.05, 0) is 17.5 Å². The number of halogens is 2. The number of hydrogen-bond acceptors (Lipinski definition) is 1. The first-order valence-electron chi connectivity index (χ1n) is 6.84. The summed E-state index contributed by atoms with van der Waals surface area (Å²) < 4.78 is 0. The smallest absolute Gasteiger partial charge is 0.253 e. The maximum absolute atomic E-state index is 11.4. The Hall–Kier alpha value is -1.51. The molecule has 110 valence electrons. The molecule has 0 radical (unpaired) electrons. The number of nitrogens with one attached hydrogen (secondary N) is 1. The Bertz CT molecular complexity index is 518. The normalized spacial score (nSPS) is 10.9. The van der Waals surface area contributed by atoms with E-state index >= 15 is 0 Å². The molecule has 0 saturated heterocycles. The predicted octanol–water partition coefficient (Wildman–Crippen LogP) is 4.13. The number of alkyl halides is 2. The van der Waals surface area contributed by atoms with Crippen LogP contribution in [0, 0.1) is 0 Å². The van der Waals surface area contributed by atoms with Crippen LogP contribution in [-0.2, 0) is 4.79 Å². The van der Waals surface area contributed by atoms with Gasteiger partial charge in [0, 0.05) is 12.5 Å². The number of carbonyl (C=O) groups excluding carboxylic acids is 1. The number of rotatable bonds is 6. The molecular formula is C17H17Cl2NO. The van der Waals surface area contributed by atoms with Crippen molar-refractivity contribution in [1.82, 2.24) is 5.32 Å². The largest absolute Gasteiger partial charge is 0.354 e. The van der Waals surface area contributed by atoms with E-state index in [-0.39, 0.29) is 11.8 Å². The Morgan fingerprint density at radius 1 is 0.905 bits per heavy atom. The van der Waals surface area contributed by atoms with Crippen LogP contribution in [-0.4, -0.2) is 17.3 Å². The molecule has 4 heteroatoms. The summed E-state index contributed by atoms with van der Waals surface area (Å²) in [6.07, 6.45) is 0.792. The van der Waals surface area contributed by atoms with Crippen molar-refractivity contribution in [2.45, 2.75) is 17.2 Å². The van der Waals surface area contributed by atoms with Crippen molar-refractivity contribution >= 4 is 29.1 Å². The zero-order chi connectivity index (χ0) is 15.1. The molecule has 0 atom stereocenters. The average Bonchev–Trinajstić information content (AvgIpc) is 2.53. The highest BCUT2D eigenvalue weighted by Gasteiger charge is 2.15. The van der Waals surface area contributed by atoms with E-state index in [1.165, 1.54) is 11.1 Å². The van der Waals surface area contributed by atoms with Crippen LogP contribution in [0.4, 0.5) is 0 Å². The van der Waals surface area contributed by atoms with E-state index in [1.54, 1.807) is 0 Å². The standard InChI is InChI=1S/C17H17Cl2NO/c18-16(19)17(21)20-12-11-15(13-7-3-1-4-8-13)14-9-5-2-6-10-14/h1-10,15-16H,11-12H2,(H,20,21). The molecule has 2 aromatic rings. The summed E-state index contributed by atoms with van der Waals surface area (Å²) >= 11 is 11.1. The maximum atomic E-state index is 11.4. The van der Waals surface area contributed by atoms with E-state index in [0.717, 1.165) is 6.42 Å². The van der Waals surface area contributed by atoms with Crippen LogP contribution >= 0.6 is 23.2 Å². The van der Waals surface area contributed by atoms with Gasteiger partial charge in [-0.1, -0.05) is 83.9 Å². The minimum Gasteiger partial charge on any atom is -0.354 e. The third-order valence-corrected chi connectivity index (χ3v) is 3.73. The van der Waals surface area contributed by atoms with Gasteiger partial charge in [0.1, 0.15) is 0 Å². The summed E-state index contributed by atoms with van der Waals surface area (Å²) in [4.78, 5) is 10.4. The van der Waals surface area contributed by atoms with Crippen molar-refractivity contribution in [2.24, 2.45) is 0 Å². The van der Waals surface area contributed by atoms with E-state index in [1.807, 2.05) is 36.4 Å². The van der Waals surface area contributed by atoms with Crippen LogP contribution in [0.3, 0.4) is 0 Å². The molecule has 0 aliphatic heterocycles.